The Labute approximate surface area is 149 Å². The summed E-state index contributed by atoms with van der Waals surface area (Å²) in [6.07, 6.45) is 0.463. The Morgan fingerprint density at radius 3 is 2.04 bits per heavy atom. The lowest BCUT2D eigenvalue weighted by atomic mass is 10.1. The van der Waals surface area contributed by atoms with Crippen LogP contribution in [0.4, 0.5) is 5.69 Å². The van der Waals surface area contributed by atoms with Crippen molar-refractivity contribution in [3.63, 3.8) is 0 Å². The quantitative estimate of drug-likeness (QED) is 0.737. The highest BCUT2D eigenvalue weighted by atomic mass is 16.5. The van der Waals surface area contributed by atoms with Gasteiger partial charge in [-0.15, -0.1) is 0 Å². The van der Waals surface area contributed by atoms with E-state index in [0.717, 1.165) is 0 Å². The standard InChI is InChI=1S/C18H28N2O5/c1-12(2)9-17(22)19-7-8-20(13(3)21)14-10-15(23-4)18(25-6)16(11-14)24-5/h10-12H,7-9H2,1-6H3,(H,19,22). The summed E-state index contributed by atoms with van der Waals surface area (Å²) in [5.74, 6) is 1.51. The van der Waals surface area contributed by atoms with E-state index in [2.05, 4.69) is 5.32 Å². The van der Waals surface area contributed by atoms with E-state index in [0.29, 0.717) is 48.4 Å². The number of carbonyl (C=O) groups excluding carboxylic acids is 2. The first-order chi connectivity index (χ1) is 11.8. The molecule has 0 aliphatic heterocycles. The van der Waals surface area contributed by atoms with Gasteiger partial charge in [0.25, 0.3) is 0 Å². The van der Waals surface area contributed by atoms with Crippen molar-refractivity contribution in [2.75, 3.05) is 39.3 Å². The minimum absolute atomic E-state index is 0.0246. The molecule has 0 saturated heterocycles. The van der Waals surface area contributed by atoms with Crippen molar-refractivity contribution < 1.29 is 23.8 Å². The molecule has 7 nitrogen and oxygen atoms in total. The fraction of sp³-hybridized carbons (Fsp3) is 0.556. The van der Waals surface area contributed by atoms with Crippen LogP contribution in [-0.2, 0) is 9.59 Å². The highest BCUT2D eigenvalue weighted by molar-refractivity contribution is 5.92. The van der Waals surface area contributed by atoms with Gasteiger partial charge >= 0.3 is 0 Å². The van der Waals surface area contributed by atoms with Gasteiger partial charge < -0.3 is 24.4 Å². The Balaban J connectivity index is 2.95. The van der Waals surface area contributed by atoms with E-state index in [-0.39, 0.29) is 11.8 Å². The van der Waals surface area contributed by atoms with E-state index in [4.69, 9.17) is 14.2 Å². The number of nitrogens with zero attached hydrogens (tertiary/aromatic N) is 1. The van der Waals surface area contributed by atoms with Gasteiger partial charge in [0.2, 0.25) is 17.6 Å². The summed E-state index contributed by atoms with van der Waals surface area (Å²) in [6, 6.07) is 3.41. The summed E-state index contributed by atoms with van der Waals surface area (Å²) in [4.78, 5) is 25.4. The molecule has 1 aromatic carbocycles. The molecular weight excluding hydrogens is 324 g/mol. The van der Waals surface area contributed by atoms with Gasteiger partial charge in [-0.3, -0.25) is 9.59 Å². The molecule has 0 aromatic heterocycles. The van der Waals surface area contributed by atoms with E-state index in [1.54, 1.807) is 17.0 Å². The number of hydrogen-bond acceptors (Lipinski definition) is 5. The minimum atomic E-state index is -0.146. The average Bonchev–Trinajstić information content (AvgIpc) is 2.56. The predicted octanol–water partition coefficient (Wildman–Crippen LogP) is 2.23. The first kappa shape index (κ1) is 20.6. The molecule has 0 atom stereocenters. The molecule has 1 N–H and O–H groups in total. The fourth-order valence-electron chi connectivity index (χ4n) is 2.44. The third-order valence-electron chi connectivity index (χ3n) is 3.59. The van der Waals surface area contributed by atoms with Gasteiger partial charge in [0.1, 0.15) is 0 Å². The molecule has 0 unspecified atom stereocenters. The molecule has 0 bridgehead atoms. The van der Waals surface area contributed by atoms with Gasteiger partial charge in [-0.2, -0.15) is 0 Å². The number of carbonyl (C=O) groups is 2. The van der Waals surface area contributed by atoms with Crippen LogP contribution < -0.4 is 24.4 Å². The van der Waals surface area contributed by atoms with Crippen molar-refractivity contribution >= 4 is 17.5 Å². The molecule has 2 amide bonds. The Bertz CT molecular complexity index is 576. The molecule has 25 heavy (non-hydrogen) atoms. The van der Waals surface area contributed by atoms with Crippen LogP contribution in [0.1, 0.15) is 27.2 Å². The second kappa shape index (κ2) is 9.76. The number of benzene rings is 1. The normalized spacial score (nSPS) is 10.4. The number of nitrogens with one attached hydrogen (secondary N) is 1. The van der Waals surface area contributed by atoms with Crippen molar-refractivity contribution in [1.29, 1.82) is 0 Å². The van der Waals surface area contributed by atoms with Gasteiger partial charge in [-0.25, -0.2) is 0 Å². The van der Waals surface area contributed by atoms with Crippen molar-refractivity contribution in [3.8, 4) is 17.2 Å². The lowest BCUT2D eigenvalue weighted by molar-refractivity contribution is -0.122. The molecular formula is C18H28N2O5. The highest BCUT2D eigenvalue weighted by Gasteiger charge is 2.19. The van der Waals surface area contributed by atoms with Crippen LogP contribution in [0.15, 0.2) is 12.1 Å². The summed E-state index contributed by atoms with van der Waals surface area (Å²) in [5.41, 5.74) is 0.611. The largest absolute Gasteiger partial charge is 0.493 e. The van der Waals surface area contributed by atoms with Gasteiger partial charge in [0.05, 0.1) is 27.0 Å². The van der Waals surface area contributed by atoms with Crippen LogP contribution in [0.2, 0.25) is 0 Å². The van der Waals surface area contributed by atoms with Crippen LogP contribution in [0, 0.1) is 5.92 Å². The molecule has 0 heterocycles. The first-order valence-corrected chi connectivity index (χ1v) is 8.18. The maximum atomic E-state index is 12.1. The zero-order chi connectivity index (χ0) is 19.0. The number of methoxy groups -OCH3 is 3. The number of ether oxygens (including phenoxy) is 3. The van der Waals surface area contributed by atoms with Gasteiger partial charge in [-0.1, -0.05) is 13.8 Å². The number of amides is 2. The Morgan fingerprint density at radius 2 is 1.64 bits per heavy atom. The van der Waals surface area contributed by atoms with Crippen LogP contribution >= 0.6 is 0 Å². The second-order valence-electron chi connectivity index (χ2n) is 6.00. The van der Waals surface area contributed by atoms with Crippen LogP contribution in [0.25, 0.3) is 0 Å². The SMILES string of the molecule is COc1cc(N(CCNC(=O)CC(C)C)C(C)=O)cc(OC)c1OC. The van der Waals surface area contributed by atoms with Crippen molar-refractivity contribution in [3.05, 3.63) is 12.1 Å². The van der Waals surface area contributed by atoms with E-state index < -0.39 is 0 Å². The van der Waals surface area contributed by atoms with E-state index in [1.807, 2.05) is 13.8 Å². The van der Waals surface area contributed by atoms with Crippen LogP contribution in [0.3, 0.4) is 0 Å². The lowest BCUT2D eigenvalue weighted by Gasteiger charge is -2.23. The van der Waals surface area contributed by atoms with Gasteiger partial charge in [0.15, 0.2) is 11.5 Å². The molecule has 1 aromatic rings. The molecule has 0 fully saturated rings. The third-order valence-corrected chi connectivity index (χ3v) is 3.59. The molecule has 1 rings (SSSR count). The average molecular weight is 352 g/mol. The summed E-state index contributed by atoms with van der Waals surface area (Å²) < 4.78 is 15.9. The summed E-state index contributed by atoms with van der Waals surface area (Å²) >= 11 is 0. The second-order valence-corrected chi connectivity index (χ2v) is 6.00. The molecule has 140 valence electrons. The highest BCUT2D eigenvalue weighted by Crippen LogP contribution is 2.41. The van der Waals surface area contributed by atoms with Gasteiger partial charge in [-0.05, 0) is 5.92 Å². The third kappa shape index (κ3) is 5.85. The Morgan fingerprint density at radius 1 is 1.08 bits per heavy atom. The van der Waals surface area contributed by atoms with Crippen molar-refractivity contribution in [1.82, 2.24) is 5.32 Å². The monoisotopic (exact) mass is 352 g/mol. The molecule has 7 heteroatoms. The summed E-state index contributed by atoms with van der Waals surface area (Å²) in [7, 11) is 4.56. The fourth-order valence-corrected chi connectivity index (χ4v) is 2.44. The first-order valence-electron chi connectivity index (χ1n) is 8.18. The predicted molar refractivity (Wildman–Crippen MR) is 96.6 cm³/mol. The number of rotatable bonds is 9. The lowest BCUT2D eigenvalue weighted by Crippen LogP contribution is -2.37. The zero-order valence-corrected chi connectivity index (χ0v) is 15.8. The number of hydrogen-bond donors (Lipinski definition) is 1. The number of anilines is 1. The van der Waals surface area contributed by atoms with E-state index in [9.17, 15) is 9.59 Å². The van der Waals surface area contributed by atoms with E-state index >= 15 is 0 Å². The summed E-state index contributed by atoms with van der Waals surface area (Å²) in [6.45, 7) is 6.15. The smallest absolute Gasteiger partial charge is 0.223 e. The topological polar surface area (TPSA) is 77.1 Å². The van der Waals surface area contributed by atoms with E-state index in [1.165, 1.54) is 28.3 Å². The minimum Gasteiger partial charge on any atom is -0.493 e. The van der Waals surface area contributed by atoms with Crippen molar-refractivity contribution in [2.24, 2.45) is 5.92 Å². The molecule has 0 aliphatic rings. The molecule has 0 aliphatic carbocycles. The van der Waals surface area contributed by atoms with Gasteiger partial charge in [0, 0.05) is 38.6 Å². The zero-order valence-electron chi connectivity index (χ0n) is 15.8. The molecule has 0 radical (unpaired) electrons. The Kier molecular flexibility index (Phi) is 8.04. The van der Waals surface area contributed by atoms with Crippen LogP contribution in [-0.4, -0.2) is 46.2 Å². The Hall–Kier alpha value is -2.44. The maximum absolute atomic E-state index is 12.1. The molecule has 0 saturated carbocycles. The summed E-state index contributed by atoms with van der Waals surface area (Å²) in [5, 5.41) is 2.83. The van der Waals surface area contributed by atoms with Crippen LogP contribution in [0.5, 0.6) is 17.2 Å². The maximum Gasteiger partial charge on any atom is 0.223 e. The molecule has 0 spiro atoms. The van der Waals surface area contributed by atoms with Crippen molar-refractivity contribution in [2.45, 2.75) is 27.2 Å².